The quantitative estimate of drug-likeness (QED) is 0.156. The lowest BCUT2D eigenvalue weighted by molar-refractivity contribution is 0.0785. The van der Waals surface area contributed by atoms with E-state index in [1.807, 2.05) is 93.8 Å². The van der Waals surface area contributed by atoms with Gasteiger partial charge in [-0.25, -0.2) is 9.97 Å². The fraction of sp³-hybridized carbons (Fsp3) is 0.281. The number of amides is 1. The van der Waals surface area contributed by atoms with Crippen LogP contribution < -0.4 is 14.4 Å². The Labute approximate surface area is 241 Å². The third-order valence-corrected chi connectivity index (χ3v) is 7.46. The van der Waals surface area contributed by atoms with E-state index in [4.69, 9.17) is 14.5 Å². The summed E-state index contributed by atoms with van der Waals surface area (Å²) < 4.78 is 10.8. The van der Waals surface area contributed by atoms with Gasteiger partial charge < -0.3 is 19.3 Å². The standard InChI is InChI=1S/C32H36N4O3S/c1-23-18-30(35(2)17-16-24-14-15-28(38-4)29(20-24)39-5)34-32(33-23)40-22-26-12-9-13-27(19-26)31(37)36(3)21-25-10-7-6-8-11-25/h6-15,18-20H,16-17,21-22H2,1-5H3. The van der Waals surface area contributed by atoms with Crippen molar-refractivity contribution in [3.63, 3.8) is 0 Å². The Morgan fingerprint density at radius 2 is 1.57 bits per heavy atom. The second-order valence-corrected chi connectivity index (χ2v) is 10.6. The van der Waals surface area contributed by atoms with Crippen LogP contribution in [0.5, 0.6) is 11.5 Å². The van der Waals surface area contributed by atoms with Gasteiger partial charge in [-0.1, -0.05) is 60.3 Å². The summed E-state index contributed by atoms with van der Waals surface area (Å²) in [5.41, 5.74) is 4.91. The van der Waals surface area contributed by atoms with E-state index in [-0.39, 0.29) is 5.91 Å². The first-order valence-electron chi connectivity index (χ1n) is 13.1. The van der Waals surface area contributed by atoms with Gasteiger partial charge in [-0.3, -0.25) is 4.79 Å². The molecule has 0 saturated heterocycles. The molecule has 0 fully saturated rings. The Morgan fingerprint density at radius 1 is 0.825 bits per heavy atom. The van der Waals surface area contributed by atoms with E-state index < -0.39 is 0 Å². The summed E-state index contributed by atoms with van der Waals surface area (Å²) in [6, 6.07) is 25.8. The zero-order valence-electron chi connectivity index (χ0n) is 23.8. The number of hydrogen-bond acceptors (Lipinski definition) is 7. The summed E-state index contributed by atoms with van der Waals surface area (Å²) in [6.07, 6.45) is 0.835. The van der Waals surface area contributed by atoms with Gasteiger partial charge in [0.15, 0.2) is 16.7 Å². The van der Waals surface area contributed by atoms with Gasteiger partial charge >= 0.3 is 0 Å². The highest BCUT2D eigenvalue weighted by atomic mass is 32.2. The van der Waals surface area contributed by atoms with Crippen molar-refractivity contribution in [2.75, 3.05) is 39.8 Å². The van der Waals surface area contributed by atoms with E-state index in [9.17, 15) is 4.79 Å². The molecule has 3 aromatic carbocycles. The van der Waals surface area contributed by atoms with E-state index in [1.54, 1.807) is 30.9 Å². The van der Waals surface area contributed by atoms with E-state index in [0.29, 0.717) is 23.0 Å². The molecule has 0 unspecified atom stereocenters. The van der Waals surface area contributed by atoms with E-state index >= 15 is 0 Å². The molecule has 4 aromatic rings. The number of likely N-dealkylation sites (N-methyl/N-ethyl adjacent to an activating group) is 1. The van der Waals surface area contributed by atoms with Crippen molar-refractivity contribution in [1.82, 2.24) is 14.9 Å². The fourth-order valence-electron chi connectivity index (χ4n) is 4.32. The number of nitrogens with zero attached hydrogens (tertiary/aromatic N) is 4. The zero-order chi connectivity index (χ0) is 28.5. The van der Waals surface area contributed by atoms with Crippen molar-refractivity contribution >= 4 is 23.5 Å². The molecular weight excluding hydrogens is 520 g/mol. The highest BCUT2D eigenvalue weighted by Gasteiger charge is 2.14. The minimum Gasteiger partial charge on any atom is -0.493 e. The minimum absolute atomic E-state index is 0.000833. The van der Waals surface area contributed by atoms with Crippen molar-refractivity contribution in [3.05, 3.63) is 107 Å². The molecule has 0 aliphatic heterocycles. The maximum atomic E-state index is 13.0. The van der Waals surface area contributed by atoms with Gasteiger partial charge in [0.25, 0.3) is 5.91 Å². The molecule has 1 heterocycles. The van der Waals surface area contributed by atoms with Crippen molar-refractivity contribution < 1.29 is 14.3 Å². The highest BCUT2D eigenvalue weighted by Crippen LogP contribution is 2.28. The molecule has 0 radical (unpaired) electrons. The normalized spacial score (nSPS) is 10.7. The first-order chi connectivity index (χ1) is 19.4. The van der Waals surface area contributed by atoms with Gasteiger partial charge in [-0.2, -0.15) is 0 Å². The van der Waals surface area contributed by atoms with Crippen LogP contribution in [0.1, 0.15) is 32.7 Å². The number of aromatic nitrogens is 2. The van der Waals surface area contributed by atoms with Gasteiger partial charge in [-0.05, 0) is 54.3 Å². The Kier molecular flexibility index (Phi) is 10.0. The lowest BCUT2D eigenvalue weighted by Crippen LogP contribution is -2.26. The molecule has 0 atom stereocenters. The third kappa shape index (κ3) is 7.76. The van der Waals surface area contributed by atoms with Gasteiger partial charge in [-0.15, -0.1) is 0 Å². The number of ether oxygens (including phenoxy) is 2. The number of thioether (sulfide) groups is 1. The van der Waals surface area contributed by atoms with Gasteiger partial charge in [0.05, 0.1) is 14.2 Å². The monoisotopic (exact) mass is 556 g/mol. The van der Waals surface area contributed by atoms with Crippen LogP contribution in [0.25, 0.3) is 0 Å². The number of methoxy groups -OCH3 is 2. The molecule has 0 spiro atoms. The highest BCUT2D eigenvalue weighted by molar-refractivity contribution is 7.98. The number of carbonyl (C=O) groups excluding carboxylic acids is 1. The van der Waals surface area contributed by atoms with Crippen LogP contribution in [0.4, 0.5) is 5.82 Å². The van der Waals surface area contributed by atoms with Crippen LogP contribution in [0.2, 0.25) is 0 Å². The molecule has 1 aromatic heterocycles. The predicted molar refractivity (Wildman–Crippen MR) is 162 cm³/mol. The van der Waals surface area contributed by atoms with Gasteiger partial charge in [0, 0.05) is 50.3 Å². The molecule has 0 bridgehead atoms. The number of carbonyl (C=O) groups is 1. The van der Waals surface area contributed by atoms with Gasteiger partial charge in [0.2, 0.25) is 0 Å². The van der Waals surface area contributed by atoms with E-state index in [2.05, 4.69) is 16.0 Å². The predicted octanol–water partition coefficient (Wildman–Crippen LogP) is 6.05. The number of anilines is 1. The zero-order valence-corrected chi connectivity index (χ0v) is 24.6. The third-order valence-electron chi connectivity index (χ3n) is 6.55. The topological polar surface area (TPSA) is 67.8 Å². The second kappa shape index (κ2) is 13.8. The summed E-state index contributed by atoms with van der Waals surface area (Å²) in [4.78, 5) is 26.4. The van der Waals surface area contributed by atoms with E-state index in [0.717, 1.165) is 52.7 Å². The number of hydrogen-bond donors (Lipinski definition) is 0. The van der Waals surface area contributed by atoms with Crippen molar-refractivity contribution in [3.8, 4) is 11.5 Å². The molecular formula is C32H36N4O3S. The number of aryl methyl sites for hydroxylation is 1. The lowest BCUT2D eigenvalue weighted by atomic mass is 10.1. The molecule has 0 aliphatic rings. The fourth-order valence-corrected chi connectivity index (χ4v) is 5.17. The molecule has 4 rings (SSSR count). The van der Waals surface area contributed by atoms with Crippen LogP contribution in [-0.4, -0.2) is 55.6 Å². The van der Waals surface area contributed by atoms with Crippen LogP contribution >= 0.6 is 11.8 Å². The Morgan fingerprint density at radius 3 is 2.33 bits per heavy atom. The average molecular weight is 557 g/mol. The van der Waals surface area contributed by atoms with Crippen molar-refractivity contribution in [2.24, 2.45) is 0 Å². The minimum atomic E-state index is 0.000833. The van der Waals surface area contributed by atoms with Crippen molar-refractivity contribution in [1.29, 1.82) is 0 Å². The molecule has 208 valence electrons. The lowest BCUT2D eigenvalue weighted by Gasteiger charge is -2.19. The molecule has 0 N–H and O–H groups in total. The molecule has 1 amide bonds. The molecule has 7 nitrogen and oxygen atoms in total. The summed E-state index contributed by atoms with van der Waals surface area (Å²) in [7, 11) is 7.16. The maximum absolute atomic E-state index is 13.0. The van der Waals surface area contributed by atoms with Crippen LogP contribution in [-0.2, 0) is 18.7 Å². The average Bonchev–Trinajstić information content (AvgIpc) is 2.98. The number of rotatable bonds is 12. The first kappa shape index (κ1) is 29.0. The van der Waals surface area contributed by atoms with E-state index in [1.165, 1.54) is 0 Å². The summed E-state index contributed by atoms with van der Waals surface area (Å²) in [5, 5.41) is 0.714. The number of benzene rings is 3. The summed E-state index contributed by atoms with van der Waals surface area (Å²) >= 11 is 1.57. The van der Waals surface area contributed by atoms with Gasteiger partial charge in [0.1, 0.15) is 5.82 Å². The summed E-state index contributed by atoms with van der Waals surface area (Å²) in [6.45, 7) is 3.34. The smallest absolute Gasteiger partial charge is 0.253 e. The molecule has 0 aliphatic carbocycles. The van der Waals surface area contributed by atoms with Crippen LogP contribution in [0, 0.1) is 6.92 Å². The largest absolute Gasteiger partial charge is 0.493 e. The molecule has 0 saturated carbocycles. The Hall–Kier alpha value is -4.04. The Balaban J connectivity index is 1.37. The Bertz CT molecular complexity index is 1430. The molecule has 40 heavy (non-hydrogen) atoms. The van der Waals surface area contributed by atoms with Crippen LogP contribution in [0.15, 0.2) is 84.0 Å². The summed E-state index contributed by atoms with van der Waals surface area (Å²) in [5.74, 6) is 3.00. The van der Waals surface area contributed by atoms with Crippen molar-refractivity contribution in [2.45, 2.75) is 30.8 Å². The van der Waals surface area contributed by atoms with Crippen LogP contribution in [0.3, 0.4) is 0 Å². The SMILES string of the molecule is COc1ccc(CCN(C)c2cc(C)nc(SCc3cccc(C(=O)N(C)Cc4ccccc4)c3)n2)cc1OC. The first-order valence-corrected chi connectivity index (χ1v) is 14.1. The second-order valence-electron chi connectivity index (χ2n) is 9.65. The maximum Gasteiger partial charge on any atom is 0.253 e. The molecule has 8 heteroatoms.